The average molecular weight is 138 g/mol. The Labute approximate surface area is 64.3 Å². The smallest absolute Gasteiger partial charge is 0.0180 e. The Morgan fingerprint density at radius 3 is 2.60 bits per heavy atom. The monoisotopic (exact) mass is 138 g/mol. The Bertz CT molecular complexity index is 124. The zero-order valence-corrected chi connectivity index (χ0v) is 7.19. The van der Waals surface area contributed by atoms with Gasteiger partial charge in [0.2, 0.25) is 0 Å². The molecule has 0 heterocycles. The Morgan fingerprint density at radius 1 is 1.50 bits per heavy atom. The molecule has 1 fully saturated rings. The van der Waals surface area contributed by atoms with Gasteiger partial charge < -0.3 is 0 Å². The fourth-order valence-corrected chi connectivity index (χ4v) is 2.17. The van der Waals surface area contributed by atoms with Crippen LogP contribution in [0.3, 0.4) is 0 Å². The molecule has 58 valence electrons. The quantitative estimate of drug-likeness (QED) is 0.513. The minimum Gasteiger partial charge on any atom is -0.0999 e. The first kappa shape index (κ1) is 7.84. The highest BCUT2D eigenvalue weighted by molar-refractivity contribution is 5.01. The molecular formula is C10H18. The van der Waals surface area contributed by atoms with Crippen molar-refractivity contribution in [2.75, 3.05) is 0 Å². The van der Waals surface area contributed by atoms with Crippen LogP contribution in [0.5, 0.6) is 0 Å². The van der Waals surface area contributed by atoms with Crippen LogP contribution < -0.4 is 0 Å². The summed E-state index contributed by atoms with van der Waals surface area (Å²) < 4.78 is 0. The van der Waals surface area contributed by atoms with Gasteiger partial charge in [0, 0.05) is 0 Å². The largest absolute Gasteiger partial charge is 0.0999 e. The normalized spacial score (nSPS) is 32.6. The van der Waals surface area contributed by atoms with Crippen LogP contribution in [0.25, 0.3) is 0 Å². The maximum absolute atomic E-state index is 4.04. The van der Waals surface area contributed by atoms with Crippen LogP contribution in [-0.4, -0.2) is 0 Å². The van der Waals surface area contributed by atoms with Gasteiger partial charge in [-0.25, -0.2) is 0 Å². The van der Waals surface area contributed by atoms with Gasteiger partial charge in [0.05, 0.1) is 0 Å². The molecule has 0 spiro atoms. The lowest BCUT2D eigenvalue weighted by Gasteiger charge is -2.17. The summed E-state index contributed by atoms with van der Waals surface area (Å²) in [6.07, 6.45) is 5.61. The van der Waals surface area contributed by atoms with Crippen molar-refractivity contribution in [2.45, 2.75) is 39.5 Å². The molecule has 1 aliphatic carbocycles. The van der Waals surface area contributed by atoms with E-state index in [4.69, 9.17) is 0 Å². The Kier molecular flexibility index (Phi) is 2.53. The molecule has 0 aromatic heterocycles. The van der Waals surface area contributed by atoms with Crippen LogP contribution in [0.4, 0.5) is 0 Å². The predicted molar refractivity (Wildman–Crippen MR) is 45.9 cm³/mol. The van der Waals surface area contributed by atoms with Crippen LogP contribution >= 0.6 is 0 Å². The minimum atomic E-state index is 0.852. The van der Waals surface area contributed by atoms with Gasteiger partial charge in [0.25, 0.3) is 0 Å². The number of hydrogen-bond acceptors (Lipinski definition) is 0. The standard InChI is InChI=1S/C10H18/c1-4-9-6-5-7-10(9)8(2)3/h9-10H,2,4-7H2,1,3H3/t9?,10-/m1/s1. The van der Waals surface area contributed by atoms with Gasteiger partial charge in [-0.15, -0.1) is 0 Å². The summed E-state index contributed by atoms with van der Waals surface area (Å²) in [5.41, 5.74) is 1.41. The van der Waals surface area contributed by atoms with E-state index < -0.39 is 0 Å². The molecule has 0 N–H and O–H groups in total. The molecule has 1 aliphatic rings. The maximum atomic E-state index is 4.04. The fraction of sp³-hybridized carbons (Fsp3) is 0.800. The molecule has 1 saturated carbocycles. The third-order valence-electron chi connectivity index (χ3n) is 2.82. The summed E-state index contributed by atoms with van der Waals surface area (Å²) in [5.74, 6) is 1.81. The summed E-state index contributed by atoms with van der Waals surface area (Å²) in [7, 11) is 0. The van der Waals surface area contributed by atoms with Gasteiger partial charge in [-0.3, -0.25) is 0 Å². The summed E-state index contributed by atoms with van der Waals surface area (Å²) in [5, 5.41) is 0. The van der Waals surface area contributed by atoms with Crippen molar-refractivity contribution in [3.05, 3.63) is 12.2 Å². The van der Waals surface area contributed by atoms with Crippen LogP contribution in [0.15, 0.2) is 12.2 Å². The molecule has 0 nitrogen and oxygen atoms in total. The van der Waals surface area contributed by atoms with E-state index in [2.05, 4.69) is 20.4 Å². The first-order chi connectivity index (χ1) is 4.75. The minimum absolute atomic E-state index is 0.852. The fourth-order valence-electron chi connectivity index (χ4n) is 2.17. The summed E-state index contributed by atoms with van der Waals surface area (Å²) in [4.78, 5) is 0. The number of rotatable bonds is 2. The van der Waals surface area contributed by atoms with Crippen LogP contribution in [0.2, 0.25) is 0 Å². The molecule has 1 rings (SSSR count). The molecule has 1 unspecified atom stereocenters. The van der Waals surface area contributed by atoms with Gasteiger partial charge in [-0.2, -0.15) is 0 Å². The summed E-state index contributed by atoms with van der Waals surface area (Å²) in [6.45, 7) is 8.51. The Hall–Kier alpha value is -0.260. The van der Waals surface area contributed by atoms with Gasteiger partial charge in [-0.05, 0) is 31.6 Å². The molecule has 10 heavy (non-hydrogen) atoms. The van der Waals surface area contributed by atoms with Gasteiger partial charge in [0.15, 0.2) is 0 Å². The third kappa shape index (κ3) is 1.42. The SMILES string of the molecule is C=C(C)[C@H]1CCCC1CC. The van der Waals surface area contributed by atoms with E-state index in [1.165, 1.54) is 31.3 Å². The van der Waals surface area contributed by atoms with Crippen molar-refractivity contribution in [3.8, 4) is 0 Å². The van der Waals surface area contributed by atoms with E-state index in [1.54, 1.807) is 0 Å². The summed E-state index contributed by atoms with van der Waals surface area (Å²) in [6, 6.07) is 0. The van der Waals surface area contributed by atoms with Gasteiger partial charge in [0.1, 0.15) is 0 Å². The van der Waals surface area contributed by atoms with Crippen molar-refractivity contribution >= 4 is 0 Å². The van der Waals surface area contributed by atoms with Crippen molar-refractivity contribution < 1.29 is 0 Å². The molecule has 0 aromatic rings. The predicted octanol–water partition coefficient (Wildman–Crippen LogP) is 3.39. The van der Waals surface area contributed by atoms with E-state index in [1.807, 2.05) is 0 Å². The Morgan fingerprint density at radius 2 is 2.20 bits per heavy atom. The molecule has 0 heteroatoms. The first-order valence-electron chi connectivity index (χ1n) is 4.41. The van der Waals surface area contributed by atoms with E-state index >= 15 is 0 Å². The molecule has 0 amide bonds. The van der Waals surface area contributed by atoms with Crippen molar-refractivity contribution in [1.82, 2.24) is 0 Å². The molecule has 0 radical (unpaired) electrons. The topological polar surface area (TPSA) is 0 Å². The van der Waals surface area contributed by atoms with Gasteiger partial charge in [-0.1, -0.05) is 31.9 Å². The lowest BCUT2D eigenvalue weighted by molar-refractivity contribution is 0.427. The molecule has 0 bridgehead atoms. The zero-order chi connectivity index (χ0) is 7.56. The second kappa shape index (κ2) is 3.23. The second-order valence-electron chi connectivity index (χ2n) is 3.55. The van der Waals surface area contributed by atoms with E-state index in [9.17, 15) is 0 Å². The van der Waals surface area contributed by atoms with Crippen LogP contribution in [0, 0.1) is 11.8 Å². The highest BCUT2D eigenvalue weighted by atomic mass is 14.3. The zero-order valence-electron chi connectivity index (χ0n) is 7.19. The third-order valence-corrected chi connectivity index (χ3v) is 2.82. The van der Waals surface area contributed by atoms with Crippen molar-refractivity contribution in [2.24, 2.45) is 11.8 Å². The second-order valence-corrected chi connectivity index (χ2v) is 3.55. The molecule has 0 aliphatic heterocycles. The van der Waals surface area contributed by atoms with Crippen LogP contribution in [0.1, 0.15) is 39.5 Å². The lowest BCUT2D eigenvalue weighted by Crippen LogP contribution is -2.06. The molecule has 2 atom stereocenters. The highest BCUT2D eigenvalue weighted by Crippen LogP contribution is 2.37. The number of allylic oxidation sites excluding steroid dienone is 1. The Balaban J connectivity index is 2.50. The van der Waals surface area contributed by atoms with E-state index in [0.29, 0.717) is 0 Å². The van der Waals surface area contributed by atoms with Gasteiger partial charge >= 0.3 is 0 Å². The molecule has 0 aromatic carbocycles. The van der Waals surface area contributed by atoms with E-state index in [0.717, 1.165) is 11.8 Å². The van der Waals surface area contributed by atoms with Crippen LogP contribution in [-0.2, 0) is 0 Å². The molecule has 0 saturated heterocycles. The highest BCUT2D eigenvalue weighted by Gasteiger charge is 2.25. The average Bonchev–Trinajstić information content (AvgIpc) is 2.33. The van der Waals surface area contributed by atoms with E-state index in [-0.39, 0.29) is 0 Å². The molecular weight excluding hydrogens is 120 g/mol. The van der Waals surface area contributed by atoms with Crippen molar-refractivity contribution in [1.29, 1.82) is 0 Å². The maximum Gasteiger partial charge on any atom is -0.0180 e. The number of hydrogen-bond donors (Lipinski definition) is 0. The lowest BCUT2D eigenvalue weighted by atomic mass is 9.89. The first-order valence-corrected chi connectivity index (χ1v) is 4.41. The summed E-state index contributed by atoms with van der Waals surface area (Å²) >= 11 is 0. The van der Waals surface area contributed by atoms with Crippen molar-refractivity contribution in [3.63, 3.8) is 0 Å².